The Morgan fingerprint density at radius 3 is 2.59 bits per heavy atom. The predicted octanol–water partition coefficient (Wildman–Crippen LogP) is 2.41. The molecule has 0 aliphatic rings. The average Bonchev–Trinajstić information content (AvgIpc) is 2.25. The molecule has 0 aliphatic carbocycles. The third kappa shape index (κ3) is 4.53. The SMILES string of the molecule is CC(C)C(CC(=O)O)NCc1ccccc1F. The van der Waals surface area contributed by atoms with Crippen LogP contribution >= 0.6 is 0 Å². The van der Waals surface area contributed by atoms with Gasteiger partial charge in [-0.05, 0) is 12.0 Å². The Balaban J connectivity index is 2.58. The van der Waals surface area contributed by atoms with E-state index in [1.54, 1.807) is 18.2 Å². The third-order valence-corrected chi connectivity index (χ3v) is 2.71. The summed E-state index contributed by atoms with van der Waals surface area (Å²) in [6.45, 7) is 4.24. The molecule has 0 amide bonds. The molecule has 1 aromatic rings. The largest absolute Gasteiger partial charge is 0.481 e. The van der Waals surface area contributed by atoms with Crippen molar-refractivity contribution in [2.75, 3.05) is 0 Å². The van der Waals surface area contributed by atoms with E-state index in [0.717, 1.165) is 0 Å². The first-order valence-electron chi connectivity index (χ1n) is 5.69. The minimum Gasteiger partial charge on any atom is -0.481 e. The Morgan fingerprint density at radius 1 is 1.41 bits per heavy atom. The highest BCUT2D eigenvalue weighted by Gasteiger charge is 2.16. The number of carboxylic acids is 1. The lowest BCUT2D eigenvalue weighted by Gasteiger charge is -2.20. The zero-order valence-electron chi connectivity index (χ0n) is 10.1. The molecule has 1 rings (SSSR count). The van der Waals surface area contributed by atoms with E-state index in [9.17, 15) is 9.18 Å². The lowest BCUT2D eigenvalue weighted by Crippen LogP contribution is -2.35. The van der Waals surface area contributed by atoms with Gasteiger partial charge in [0.25, 0.3) is 0 Å². The van der Waals surface area contributed by atoms with Crippen LogP contribution in [-0.4, -0.2) is 17.1 Å². The fourth-order valence-corrected chi connectivity index (χ4v) is 1.61. The fourth-order valence-electron chi connectivity index (χ4n) is 1.61. The van der Waals surface area contributed by atoms with Gasteiger partial charge in [-0.2, -0.15) is 0 Å². The molecular weight excluding hydrogens is 221 g/mol. The highest BCUT2D eigenvalue weighted by Crippen LogP contribution is 2.10. The van der Waals surface area contributed by atoms with Crippen molar-refractivity contribution in [2.45, 2.75) is 32.9 Å². The van der Waals surface area contributed by atoms with Crippen LogP contribution in [0.25, 0.3) is 0 Å². The van der Waals surface area contributed by atoms with Gasteiger partial charge in [-0.25, -0.2) is 4.39 Å². The summed E-state index contributed by atoms with van der Waals surface area (Å²) in [7, 11) is 0. The molecule has 0 heterocycles. The molecular formula is C13H18FNO2. The maximum Gasteiger partial charge on any atom is 0.304 e. The van der Waals surface area contributed by atoms with E-state index < -0.39 is 5.97 Å². The summed E-state index contributed by atoms with van der Waals surface area (Å²) in [5.41, 5.74) is 0.559. The molecule has 17 heavy (non-hydrogen) atoms. The van der Waals surface area contributed by atoms with Crippen LogP contribution in [0.2, 0.25) is 0 Å². The molecule has 3 nitrogen and oxygen atoms in total. The number of carboxylic acid groups (broad SMARTS) is 1. The molecule has 94 valence electrons. The monoisotopic (exact) mass is 239 g/mol. The molecule has 1 atom stereocenters. The van der Waals surface area contributed by atoms with Crippen LogP contribution in [0.5, 0.6) is 0 Å². The normalized spacial score (nSPS) is 12.7. The summed E-state index contributed by atoms with van der Waals surface area (Å²) in [4.78, 5) is 10.7. The van der Waals surface area contributed by atoms with E-state index in [1.807, 2.05) is 13.8 Å². The van der Waals surface area contributed by atoms with E-state index in [1.165, 1.54) is 6.07 Å². The molecule has 0 aliphatic heterocycles. The number of benzene rings is 1. The van der Waals surface area contributed by atoms with E-state index in [4.69, 9.17) is 5.11 Å². The standard InChI is InChI=1S/C13H18FNO2/c1-9(2)12(7-13(16)17)15-8-10-5-3-4-6-11(10)14/h3-6,9,12,15H,7-8H2,1-2H3,(H,16,17). The highest BCUT2D eigenvalue weighted by atomic mass is 19.1. The maximum absolute atomic E-state index is 13.3. The molecule has 1 unspecified atom stereocenters. The van der Waals surface area contributed by atoms with Crippen molar-refractivity contribution in [2.24, 2.45) is 5.92 Å². The summed E-state index contributed by atoms with van der Waals surface area (Å²) in [6.07, 6.45) is 0.0477. The van der Waals surface area contributed by atoms with Crippen molar-refractivity contribution in [3.63, 3.8) is 0 Å². The molecule has 0 fully saturated rings. The third-order valence-electron chi connectivity index (χ3n) is 2.71. The Hall–Kier alpha value is -1.42. The Morgan fingerprint density at radius 2 is 2.06 bits per heavy atom. The van der Waals surface area contributed by atoms with Gasteiger partial charge in [0.15, 0.2) is 0 Å². The van der Waals surface area contributed by atoms with Crippen molar-refractivity contribution in [1.82, 2.24) is 5.32 Å². The second-order valence-electron chi connectivity index (χ2n) is 4.42. The molecule has 0 radical (unpaired) electrons. The molecule has 4 heteroatoms. The number of nitrogens with one attached hydrogen (secondary N) is 1. The Kier molecular flexibility index (Phi) is 5.10. The van der Waals surface area contributed by atoms with Gasteiger partial charge in [0.05, 0.1) is 6.42 Å². The van der Waals surface area contributed by atoms with Crippen LogP contribution < -0.4 is 5.32 Å². The second kappa shape index (κ2) is 6.35. The first-order chi connectivity index (χ1) is 8.00. The highest BCUT2D eigenvalue weighted by molar-refractivity contribution is 5.67. The quantitative estimate of drug-likeness (QED) is 0.801. The minimum atomic E-state index is -0.843. The van der Waals surface area contributed by atoms with Gasteiger partial charge >= 0.3 is 5.97 Å². The van der Waals surface area contributed by atoms with Gasteiger partial charge in [0.2, 0.25) is 0 Å². The summed E-state index contributed by atoms with van der Waals surface area (Å²) >= 11 is 0. The van der Waals surface area contributed by atoms with Crippen molar-refractivity contribution in [1.29, 1.82) is 0 Å². The first kappa shape index (κ1) is 13.6. The van der Waals surface area contributed by atoms with Gasteiger partial charge in [-0.3, -0.25) is 4.79 Å². The topological polar surface area (TPSA) is 49.3 Å². The number of carbonyl (C=O) groups is 1. The summed E-state index contributed by atoms with van der Waals surface area (Å²) in [5, 5.41) is 11.9. The first-order valence-corrected chi connectivity index (χ1v) is 5.69. The van der Waals surface area contributed by atoms with Gasteiger partial charge in [-0.1, -0.05) is 32.0 Å². The number of hydrogen-bond donors (Lipinski definition) is 2. The molecule has 2 N–H and O–H groups in total. The molecule has 0 saturated carbocycles. The molecule has 0 saturated heterocycles. The van der Waals surface area contributed by atoms with Crippen LogP contribution in [0.1, 0.15) is 25.8 Å². The fraction of sp³-hybridized carbons (Fsp3) is 0.462. The van der Waals surface area contributed by atoms with Crippen LogP contribution in [0.3, 0.4) is 0 Å². The van der Waals surface area contributed by atoms with Crippen molar-refractivity contribution in [3.05, 3.63) is 35.6 Å². The lowest BCUT2D eigenvalue weighted by molar-refractivity contribution is -0.137. The molecule has 0 aromatic heterocycles. The molecule has 0 bridgehead atoms. The van der Waals surface area contributed by atoms with Crippen LogP contribution in [0, 0.1) is 11.7 Å². The van der Waals surface area contributed by atoms with Gasteiger partial charge in [0, 0.05) is 18.2 Å². The number of halogens is 1. The zero-order valence-corrected chi connectivity index (χ0v) is 10.1. The van der Waals surface area contributed by atoms with E-state index in [0.29, 0.717) is 12.1 Å². The molecule has 1 aromatic carbocycles. The smallest absolute Gasteiger partial charge is 0.304 e. The van der Waals surface area contributed by atoms with Crippen molar-refractivity contribution < 1.29 is 14.3 Å². The second-order valence-corrected chi connectivity index (χ2v) is 4.42. The van der Waals surface area contributed by atoms with E-state index >= 15 is 0 Å². The zero-order chi connectivity index (χ0) is 12.8. The lowest BCUT2D eigenvalue weighted by atomic mass is 10.0. The summed E-state index contributed by atoms with van der Waals surface area (Å²) < 4.78 is 13.3. The van der Waals surface area contributed by atoms with Crippen LogP contribution in [-0.2, 0) is 11.3 Å². The van der Waals surface area contributed by atoms with Crippen molar-refractivity contribution in [3.8, 4) is 0 Å². The Labute approximate surface area is 101 Å². The van der Waals surface area contributed by atoms with E-state index in [-0.39, 0.29) is 24.2 Å². The van der Waals surface area contributed by atoms with Crippen molar-refractivity contribution >= 4 is 5.97 Å². The van der Waals surface area contributed by atoms with Gasteiger partial charge < -0.3 is 10.4 Å². The minimum absolute atomic E-state index is 0.0477. The predicted molar refractivity (Wildman–Crippen MR) is 64.1 cm³/mol. The number of hydrogen-bond acceptors (Lipinski definition) is 2. The molecule has 0 spiro atoms. The maximum atomic E-state index is 13.3. The summed E-state index contributed by atoms with van der Waals surface area (Å²) in [6, 6.07) is 6.35. The van der Waals surface area contributed by atoms with Crippen LogP contribution in [0.15, 0.2) is 24.3 Å². The number of rotatable bonds is 6. The number of aliphatic carboxylic acids is 1. The van der Waals surface area contributed by atoms with Gasteiger partial charge in [0.1, 0.15) is 5.82 Å². The average molecular weight is 239 g/mol. The van der Waals surface area contributed by atoms with Gasteiger partial charge in [-0.15, -0.1) is 0 Å². The Bertz CT molecular complexity index is 379. The summed E-state index contributed by atoms with van der Waals surface area (Å²) in [5.74, 6) is -0.916. The van der Waals surface area contributed by atoms with E-state index in [2.05, 4.69) is 5.32 Å². The van der Waals surface area contributed by atoms with Crippen LogP contribution in [0.4, 0.5) is 4.39 Å².